The predicted molar refractivity (Wildman–Crippen MR) is 130 cm³/mol. The van der Waals surface area contributed by atoms with E-state index in [-0.39, 0.29) is 30.3 Å². The molecule has 0 aliphatic heterocycles. The summed E-state index contributed by atoms with van der Waals surface area (Å²) < 4.78 is 15.7. The molecule has 0 aliphatic rings. The zero-order valence-corrected chi connectivity index (χ0v) is 19.6. The number of aliphatic hydroxyl groups is 2. The van der Waals surface area contributed by atoms with Gasteiger partial charge in [0, 0.05) is 46.0 Å². The Morgan fingerprint density at radius 1 is 1.09 bits per heavy atom. The Balaban J connectivity index is 1.90. The summed E-state index contributed by atoms with van der Waals surface area (Å²) in [5.41, 5.74) is 3.28. The van der Waals surface area contributed by atoms with E-state index < -0.39 is 24.6 Å². The van der Waals surface area contributed by atoms with E-state index in [2.05, 4.69) is 4.98 Å². The van der Waals surface area contributed by atoms with Crippen LogP contribution >= 0.6 is 0 Å². The molecular weight excluding hydrogens is 451 g/mol. The highest BCUT2D eigenvalue weighted by Crippen LogP contribution is 2.39. The van der Waals surface area contributed by atoms with Crippen molar-refractivity contribution in [2.24, 2.45) is 0 Å². The number of aromatic amines is 1. The van der Waals surface area contributed by atoms with Crippen LogP contribution in [0.5, 0.6) is 0 Å². The number of halogens is 1. The molecule has 2 heterocycles. The van der Waals surface area contributed by atoms with E-state index in [4.69, 9.17) is 0 Å². The van der Waals surface area contributed by atoms with Gasteiger partial charge in [-0.3, -0.25) is 4.79 Å². The van der Waals surface area contributed by atoms with E-state index >= 15 is 0 Å². The molecule has 0 aliphatic carbocycles. The molecule has 0 saturated heterocycles. The van der Waals surface area contributed by atoms with E-state index in [1.807, 2.05) is 42.7 Å². The quantitative estimate of drug-likeness (QED) is 0.341. The summed E-state index contributed by atoms with van der Waals surface area (Å²) in [4.78, 5) is 27.0. The molecule has 4 aromatic rings. The maximum absolute atomic E-state index is 13.8. The zero-order chi connectivity index (χ0) is 25.3. The number of aliphatic hydroxyl groups excluding tert-OH is 2. The highest BCUT2D eigenvalue weighted by Gasteiger charge is 2.25. The Kier molecular flexibility index (Phi) is 7.05. The molecule has 3 N–H and O–H groups in total. The van der Waals surface area contributed by atoms with Crippen LogP contribution in [-0.2, 0) is 11.2 Å². The molecule has 8 heteroatoms. The first-order chi connectivity index (χ1) is 16.7. The van der Waals surface area contributed by atoms with E-state index in [0.717, 1.165) is 27.6 Å². The normalized spacial score (nSPS) is 13.5. The molecule has 0 bridgehead atoms. The monoisotopic (exact) mass is 479 g/mol. The van der Waals surface area contributed by atoms with E-state index in [9.17, 15) is 29.3 Å². The third-order valence-corrected chi connectivity index (χ3v) is 6.28. The number of para-hydroxylation sites is 1. The van der Waals surface area contributed by atoms with Gasteiger partial charge in [-0.1, -0.05) is 30.3 Å². The summed E-state index contributed by atoms with van der Waals surface area (Å²) in [5.74, 6) is -1.75. The number of nitrogens with one attached hydrogen (secondary N) is 1. The average molecular weight is 480 g/mol. The lowest BCUT2D eigenvalue weighted by atomic mass is 9.96. The number of hydrogen-bond donors (Lipinski definition) is 3. The van der Waals surface area contributed by atoms with Gasteiger partial charge in [0.1, 0.15) is 11.3 Å². The first-order valence-electron chi connectivity index (χ1n) is 11.7. The van der Waals surface area contributed by atoms with Crippen molar-refractivity contribution in [3.63, 3.8) is 0 Å². The Labute approximate surface area is 201 Å². The number of carboxylic acid groups (broad SMARTS) is 1. The van der Waals surface area contributed by atoms with Gasteiger partial charge in [-0.2, -0.15) is 0 Å². The summed E-state index contributed by atoms with van der Waals surface area (Å²) in [6, 6.07) is 13.5. The lowest BCUT2D eigenvalue weighted by Gasteiger charge is -2.19. The van der Waals surface area contributed by atoms with Gasteiger partial charge < -0.3 is 29.7 Å². The van der Waals surface area contributed by atoms with Crippen molar-refractivity contribution < 1.29 is 24.5 Å². The number of pyridine rings is 1. The van der Waals surface area contributed by atoms with Gasteiger partial charge in [0.2, 0.25) is 0 Å². The van der Waals surface area contributed by atoms with Crippen LogP contribution in [0.25, 0.3) is 32.9 Å². The van der Waals surface area contributed by atoms with Gasteiger partial charge in [-0.15, -0.1) is 0 Å². The van der Waals surface area contributed by atoms with Gasteiger partial charge in [-0.25, -0.2) is 4.39 Å². The first-order valence-corrected chi connectivity index (χ1v) is 11.7. The molecule has 0 fully saturated rings. The molecule has 7 nitrogen and oxygen atoms in total. The third-order valence-electron chi connectivity index (χ3n) is 6.28. The smallest absolute Gasteiger partial charge is 0.272 e. The van der Waals surface area contributed by atoms with Gasteiger partial charge in [0.05, 0.1) is 12.2 Å². The average Bonchev–Trinajstić information content (AvgIpc) is 3.14. The number of benzene rings is 2. The molecule has 184 valence electrons. The number of aliphatic carboxylic acids is 1. The van der Waals surface area contributed by atoms with Gasteiger partial charge >= 0.3 is 0 Å². The maximum Gasteiger partial charge on any atom is 0.272 e. The Morgan fingerprint density at radius 3 is 2.43 bits per heavy atom. The molecule has 35 heavy (non-hydrogen) atoms. The van der Waals surface area contributed by atoms with Crippen molar-refractivity contribution >= 4 is 27.8 Å². The summed E-state index contributed by atoms with van der Waals surface area (Å²) in [7, 11) is 0. The summed E-state index contributed by atoms with van der Waals surface area (Å²) in [6.45, 7) is 3.93. The lowest BCUT2D eigenvalue weighted by Crippen LogP contribution is -2.29. The van der Waals surface area contributed by atoms with E-state index in [1.54, 1.807) is 12.1 Å². The Bertz CT molecular complexity index is 1420. The number of rotatable bonds is 9. The topological polar surface area (TPSA) is 118 Å². The number of fused-ring (bicyclic) bond motifs is 3. The van der Waals surface area contributed by atoms with Gasteiger partial charge in [0.25, 0.3) is 5.56 Å². The van der Waals surface area contributed by atoms with Crippen molar-refractivity contribution in [3.05, 3.63) is 70.4 Å². The predicted octanol–water partition coefficient (Wildman–Crippen LogP) is 3.05. The number of hydrogen-bond acceptors (Lipinski definition) is 5. The summed E-state index contributed by atoms with van der Waals surface area (Å²) in [6.07, 6.45) is -2.24. The fraction of sp³-hybridized carbons (Fsp3) is 0.333. The molecule has 2 aromatic carbocycles. The standard InChI is InChI=1S/C27H29FN2O5/c1-15(2)30-22(12-11-18(31)13-19(32)14-23(33)34)24(16-7-9-17(28)10-8-16)25-20-5-3-4-6-21(20)29-27(35)26(25)30/h3-10,15,18-19,31-32H,11-14H2,1-2H3,(H,29,35)(H,33,34)/p-1/t18-,19-/m1/s1. The number of aromatic nitrogens is 2. The second-order valence-corrected chi connectivity index (χ2v) is 9.17. The second kappa shape index (κ2) is 10.0. The minimum atomic E-state index is -1.38. The molecule has 4 rings (SSSR count). The van der Waals surface area contributed by atoms with Crippen LogP contribution in [-0.4, -0.2) is 37.9 Å². The minimum Gasteiger partial charge on any atom is -0.550 e. The highest BCUT2D eigenvalue weighted by molar-refractivity contribution is 6.13. The molecule has 2 atom stereocenters. The lowest BCUT2D eigenvalue weighted by molar-refractivity contribution is -0.307. The van der Waals surface area contributed by atoms with Gasteiger partial charge in [-0.05, 0) is 56.9 Å². The number of carbonyl (C=O) groups is 1. The Morgan fingerprint density at radius 2 is 1.77 bits per heavy atom. The van der Waals surface area contributed by atoms with Crippen LogP contribution in [0.2, 0.25) is 0 Å². The highest BCUT2D eigenvalue weighted by atomic mass is 19.1. The molecule has 0 spiro atoms. The SMILES string of the molecule is CC(C)n1c(CC[C@@H](O)C[C@@H](O)CC(=O)[O-])c(-c2ccc(F)cc2)c2c3ccccc3[nH]c(=O)c21. The largest absolute Gasteiger partial charge is 0.550 e. The van der Waals surface area contributed by atoms with Crippen LogP contribution in [0.3, 0.4) is 0 Å². The van der Waals surface area contributed by atoms with Crippen molar-refractivity contribution in [3.8, 4) is 11.1 Å². The number of carbonyl (C=O) groups excluding carboxylic acids is 1. The van der Waals surface area contributed by atoms with Crippen LogP contribution < -0.4 is 10.7 Å². The fourth-order valence-electron chi connectivity index (χ4n) is 4.87. The van der Waals surface area contributed by atoms with Crippen LogP contribution in [0, 0.1) is 5.82 Å². The fourth-order valence-corrected chi connectivity index (χ4v) is 4.87. The van der Waals surface area contributed by atoms with E-state index in [1.165, 1.54) is 12.1 Å². The number of carboxylic acids is 1. The maximum atomic E-state index is 13.8. The molecule has 0 radical (unpaired) electrons. The van der Waals surface area contributed by atoms with Crippen molar-refractivity contribution in [2.45, 2.75) is 57.8 Å². The van der Waals surface area contributed by atoms with Crippen LogP contribution in [0.4, 0.5) is 4.39 Å². The van der Waals surface area contributed by atoms with Crippen molar-refractivity contribution in [2.75, 3.05) is 0 Å². The molecule has 0 amide bonds. The number of nitrogens with zero attached hydrogens (tertiary/aromatic N) is 1. The second-order valence-electron chi connectivity index (χ2n) is 9.17. The van der Waals surface area contributed by atoms with E-state index in [0.29, 0.717) is 17.5 Å². The zero-order valence-electron chi connectivity index (χ0n) is 19.6. The summed E-state index contributed by atoms with van der Waals surface area (Å²) >= 11 is 0. The van der Waals surface area contributed by atoms with Crippen LogP contribution in [0.1, 0.15) is 44.8 Å². The van der Waals surface area contributed by atoms with Crippen molar-refractivity contribution in [1.82, 2.24) is 9.55 Å². The summed E-state index contributed by atoms with van der Waals surface area (Å²) in [5, 5.41) is 32.8. The number of H-pyrrole nitrogens is 1. The Hall–Kier alpha value is -3.49. The van der Waals surface area contributed by atoms with Crippen molar-refractivity contribution in [1.29, 1.82) is 0 Å². The first kappa shape index (κ1) is 24.6. The molecule has 2 aromatic heterocycles. The molecule has 0 saturated carbocycles. The van der Waals surface area contributed by atoms with Crippen LogP contribution in [0.15, 0.2) is 53.3 Å². The third kappa shape index (κ3) is 4.99. The van der Waals surface area contributed by atoms with Gasteiger partial charge in [0.15, 0.2) is 0 Å². The molecule has 0 unspecified atom stereocenters. The molecular formula is C27H28FN2O5-. The minimum absolute atomic E-state index is 0.0928.